The summed E-state index contributed by atoms with van der Waals surface area (Å²) in [5, 5.41) is 8.41. The highest BCUT2D eigenvalue weighted by molar-refractivity contribution is 6.47. The lowest BCUT2D eigenvalue weighted by Gasteiger charge is -2.28. The number of rotatable bonds is 10. The van der Waals surface area contributed by atoms with Crippen LogP contribution >= 0.6 is 11.6 Å². The number of aliphatic imine (C=N–C) groups is 1. The van der Waals surface area contributed by atoms with Crippen molar-refractivity contribution >= 4 is 40.7 Å². The Morgan fingerprint density at radius 2 is 1.83 bits per heavy atom. The summed E-state index contributed by atoms with van der Waals surface area (Å²) in [6.07, 6.45) is 0. The Hall–Kier alpha value is -3.34. The lowest BCUT2D eigenvalue weighted by atomic mass is 9.84. The SMILES string of the molecule is CCN(CC)CCNC(=O)C1=NCNC1(C(N)=O)c1ccc(NC(=O)c2ccc(F)cc2Cl)cc1. The van der Waals surface area contributed by atoms with Crippen molar-refractivity contribution in [1.29, 1.82) is 0 Å². The fraction of sp³-hybridized carbons (Fsp3) is 0.333. The molecule has 1 aliphatic heterocycles. The number of halogens is 2. The number of carbonyl (C=O) groups excluding carboxylic acids is 3. The molecule has 35 heavy (non-hydrogen) atoms. The van der Waals surface area contributed by atoms with Crippen LogP contribution in [0.5, 0.6) is 0 Å². The third-order valence-corrected chi connectivity index (χ3v) is 6.19. The topological polar surface area (TPSA) is 129 Å². The van der Waals surface area contributed by atoms with Crippen molar-refractivity contribution in [2.24, 2.45) is 10.7 Å². The number of primary amides is 1. The van der Waals surface area contributed by atoms with Gasteiger partial charge in [-0.1, -0.05) is 37.6 Å². The second kappa shape index (κ2) is 11.4. The summed E-state index contributed by atoms with van der Waals surface area (Å²) in [7, 11) is 0. The summed E-state index contributed by atoms with van der Waals surface area (Å²) in [6, 6.07) is 9.74. The second-order valence-electron chi connectivity index (χ2n) is 7.89. The molecule has 2 aromatic rings. The maximum Gasteiger partial charge on any atom is 0.268 e. The van der Waals surface area contributed by atoms with E-state index in [1.807, 2.05) is 13.8 Å². The number of nitrogens with two attached hydrogens (primary N) is 1. The van der Waals surface area contributed by atoms with Gasteiger partial charge in [0.25, 0.3) is 11.8 Å². The van der Waals surface area contributed by atoms with Crippen molar-refractivity contribution in [3.8, 4) is 0 Å². The molecule has 0 aromatic heterocycles. The third kappa shape index (κ3) is 5.67. The van der Waals surface area contributed by atoms with Crippen LogP contribution in [0, 0.1) is 5.82 Å². The smallest absolute Gasteiger partial charge is 0.268 e. The Morgan fingerprint density at radius 3 is 2.43 bits per heavy atom. The van der Waals surface area contributed by atoms with Crippen molar-refractivity contribution in [3.05, 3.63) is 64.4 Å². The molecule has 3 amide bonds. The maximum atomic E-state index is 13.3. The average molecular weight is 503 g/mol. The second-order valence-corrected chi connectivity index (χ2v) is 8.30. The molecule has 0 fully saturated rings. The van der Waals surface area contributed by atoms with Gasteiger partial charge in [-0.3, -0.25) is 24.7 Å². The van der Waals surface area contributed by atoms with Gasteiger partial charge in [-0.15, -0.1) is 0 Å². The molecule has 0 saturated carbocycles. The average Bonchev–Trinajstić information content (AvgIpc) is 3.28. The fourth-order valence-electron chi connectivity index (χ4n) is 3.89. The zero-order chi connectivity index (χ0) is 25.6. The van der Waals surface area contributed by atoms with Crippen LogP contribution in [0.2, 0.25) is 5.02 Å². The van der Waals surface area contributed by atoms with Gasteiger partial charge in [0.1, 0.15) is 11.5 Å². The van der Waals surface area contributed by atoms with Crippen LogP contribution in [0.3, 0.4) is 0 Å². The number of amides is 3. The zero-order valence-corrected chi connectivity index (χ0v) is 20.3. The number of anilines is 1. The van der Waals surface area contributed by atoms with Crippen LogP contribution in [0.15, 0.2) is 47.5 Å². The highest BCUT2D eigenvalue weighted by Crippen LogP contribution is 2.28. The van der Waals surface area contributed by atoms with Crippen LogP contribution in [-0.4, -0.2) is 61.2 Å². The minimum Gasteiger partial charge on any atom is -0.367 e. The molecule has 0 spiro atoms. The van der Waals surface area contributed by atoms with Crippen LogP contribution in [0.25, 0.3) is 0 Å². The molecule has 2 aromatic carbocycles. The van der Waals surface area contributed by atoms with Crippen molar-refractivity contribution in [1.82, 2.24) is 15.5 Å². The molecule has 1 unspecified atom stereocenters. The Kier molecular flexibility index (Phi) is 8.55. The van der Waals surface area contributed by atoms with E-state index in [1.54, 1.807) is 24.3 Å². The lowest BCUT2D eigenvalue weighted by Crippen LogP contribution is -2.58. The van der Waals surface area contributed by atoms with Crippen molar-refractivity contribution in [2.75, 3.05) is 38.2 Å². The number of hydrogen-bond donors (Lipinski definition) is 4. The monoisotopic (exact) mass is 502 g/mol. The van der Waals surface area contributed by atoms with Crippen LogP contribution in [0.1, 0.15) is 29.8 Å². The summed E-state index contributed by atoms with van der Waals surface area (Å²) in [6.45, 7) is 6.89. The van der Waals surface area contributed by atoms with Crippen molar-refractivity contribution < 1.29 is 18.8 Å². The molecular weight excluding hydrogens is 475 g/mol. The van der Waals surface area contributed by atoms with E-state index in [1.165, 1.54) is 6.07 Å². The standard InChI is InChI=1S/C24H28ClFN6O3/c1-3-32(4-2)12-11-28-22(34)20-24(23(27)35,30-14-29-20)15-5-8-17(9-6-15)31-21(33)18-10-7-16(26)13-19(18)25/h5-10,13,30H,3-4,11-12,14H2,1-2H3,(H2,27,35)(H,28,34)(H,31,33). The minimum absolute atomic E-state index is 0.0144. The summed E-state index contributed by atoms with van der Waals surface area (Å²) in [5.74, 6) is -2.33. The van der Waals surface area contributed by atoms with Gasteiger partial charge in [0.05, 0.1) is 17.3 Å². The molecule has 0 saturated heterocycles. The molecule has 11 heteroatoms. The van der Waals surface area contributed by atoms with Gasteiger partial charge in [0, 0.05) is 18.8 Å². The highest BCUT2D eigenvalue weighted by atomic mass is 35.5. The minimum atomic E-state index is -1.61. The Bertz CT molecular complexity index is 1140. The molecule has 3 rings (SSSR count). The maximum absolute atomic E-state index is 13.3. The van der Waals surface area contributed by atoms with Crippen LogP contribution in [0.4, 0.5) is 10.1 Å². The largest absolute Gasteiger partial charge is 0.367 e. The molecule has 0 radical (unpaired) electrons. The summed E-state index contributed by atoms with van der Waals surface area (Å²) < 4.78 is 13.3. The Labute approximate surface area is 207 Å². The third-order valence-electron chi connectivity index (χ3n) is 5.88. The number of carbonyl (C=O) groups is 3. The predicted octanol–water partition coefficient (Wildman–Crippen LogP) is 1.87. The van der Waals surface area contributed by atoms with Gasteiger partial charge < -0.3 is 21.3 Å². The van der Waals surface area contributed by atoms with Gasteiger partial charge in [0.15, 0.2) is 5.54 Å². The number of nitrogens with one attached hydrogen (secondary N) is 3. The predicted molar refractivity (Wildman–Crippen MR) is 133 cm³/mol. The van der Waals surface area contributed by atoms with Crippen molar-refractivity contribution in [2.45, 2.75) is 19.4 Å². The first kappa shape index (κ1) is 26.3. The van der Waals surface area contributed by atoms with E-state index in [-0.39, 0.29) is 23.0 Å². The van der Waals surface area contributed by atoms with E-state index >= 15 is 0 Å². The van der Waals surface area contributed by atoms with Crippen LogP contribution < -0.4 is 21.7 Å². The highest BCUT2D eigenvalue weighted by Gasteiger charge is 2.49. The molecule has 9 nitrogen and oxygen atoms in total. The van der Waals surface area contributed by atoms with E-state index in [9.17, 15) is 18.8 Å². The van der Waals surface area contributed by atoms with E-state index < -0.39 is 29.1 Å². The molecule has 186 valence electrons. The Balaban J connectivity index is 1.77. The summed E-state index contributed by atoms with van der Waals surface area (Å²) in [4.78, 5) is 44.4. The van der Waals surface area contributed by atoms with Crippen LogP contribution in [-0.2, 0) is 15.1 Å². The van der Waals surface area contributed by atoms with E-state index in [2.05, 4.69) is 25.8 Å². The number of likely N-dealkylation sites (N-methyl/N-ethyl adjacent to an activating group) is 1. The number of nitrogens with zero attached hydrogens (tertiary/aromatic N) is 2. The van der Waals surface area contributed by atoms with Crippen molar-refractivity contribution in [3.63, 3.8) is 0 Å². The molecule has 5 N–H and O–H groups in total. The van der Waals surface area contributed by atoms with Gasteiger partial charge in [0.2, 0.25) is 5.91 Å². The van der Waals surface area contributed by atoms with Gasteiger partial charge in [-0.25, -0.2) is 4.39 Å². The number of hydrogen-bond acceptors (Lipinski definition) is 6. The zero-order valence-electron chi connectivity index (χ0n) is 19.5. The summed E-state index contributed by atoms with van der Waals surface area (Å²) in [5.41, 5.74) is 5.04. The molecule has 1 aliphatic rings. The normalized spacial score (nSPS) is 17.2. The fourth-order valence-corrected chi connectivity index (χ4v) is 4.15. The van der Waals surface area contributed by atoms with Gasteiger partial charge >= 0.3 is 0 Å². The quantitative estimate of drug-likeness (QED) is 0.394. The summed E-state index contributed by atoms with van der Waals surface area (Å²) >= 11 is 5.96. The van der Waals surface area contributed by atoms with E-state index in [0.717, 1.165) is 25.2 Å². The molecular formula is C24H28ClFN6O3. The first-order valence-electron chi connectivity index (χ1n) is 11.2. The molecule has 0 bridgehead atoms. The van der Waals surface area contributed by atoms with Gasteiger partial charge in [-0.2, -0.15) is 0 Å². The first-order chi connectivity index (χ1) is 16.7. The molecule has 1 heterocycles. The number of benzene rings is 2. The van der Waals surface area contributed by atoms with Gasteiger partial charge in [-0.05, 0) is 49.0 Å². The molecule has 0 aliphatic carbocycles. The Morgan fingerprint density at radius 1 is 1.14 bits per heavy atom. The van der Waals surface area contributed by atoms with E-state index in [0.29, 0.717) is 24.3 Å². The van der Waals surface area contributed by atoms with E-state index in [4.69, 9.17) is 17.3 Å². The lowest BCUT2D eigenvalue weighted by molar-refractivity contribution is -0.123. The molecule has 1 atom stereocenters. The first-order valence-corrected chi connectivity index (χ1v) is 11.6.